The zero-order chi connectivity index (χ0) is 47.7. The maximum atomic E-state index is 15.0. The average molecular weight is 911 g/mol. The first-order valence-corrected chi connectivity index (χ1v) is 21.7. The third-order valence-corrected chi connectivity index (χ3v) is 12.4. The van der Waals surface area contributed by atoms with Gasteiger partial charge in [-0.15, -0.1) is 0 Å². The summed E-state index contributed by atoms with van der Waals surface area (Å²) < 4.78 is 54.6. The number of para-hydroxylation sites is 1. The minimum Gasteiger partial charge on any atom is -0.444 e. The Morgan fingerprint density at radius 3 is 2.24 bits per heavy atom. The molecule has 3 heterocycles. The van der Waals surface area contributed by atoms with Gasteiger partial charge in [-0.2, -0.15) is 0 Å². The fourth-order valence-corrected chi connectivity index (χ4v) is 8.66. The van der Waals surface area contributed by atoms with E-state index < -0.39 is 82.1 Å². The average Bonchev–Trinajstić information content (AvgIpc) is 3.81. The Kier molecular flexibility index (Phi) is 13.6. The summed E-state index contributed by atoms with van der Waals surface area (Å²) in [6.07, 6.45) is 1.11. The molecule has 6 amide bonds. The summed E-state index contributed by atoms with van der Waals surface area (Å²) in [5.74, 6) is -5.68. The minimum absolute atomic E-state index is 0.00954. The molecule has 0 radical (unpaired) electrons. The van der Waals surface area contributed by atoms with E-state index in [1.165, 1.54) is 42.0 Å². The Hall–Kier alpha value is -6.75. The van der Waals surface area contributed by atoms with Gasteiger partial charge in [-0.25, -0.2) is 18.0 Å². The van der Waals surface area contributed by atoms with Gasteiger partial charge in [0.2, 0.25) is 24.1 Å². The van der Waals surface area contributed by atoms with Crippen LogP contribution < -0.4 is 20.9 Å². The summed E-state index contributed by atoms with van der Waals surface area (Å²) in [6, 6.07) is 15.6. The van der Waals surface area contributed by atoms with Crippen molar-refractivity contribution in [2.75, 3.05) is 42.3 Å². The molecule has 0 aromatic heterocycles. The SMILES string of the molecule is C[C@@H](C(=O)NC(C(=O)N1Cc2ccc(NC(=O)[C@]3(C)CN(C=O)c4cc(Cc5ccc(F)cc5)ccc43)cc2C1C(=O)Nc1c(F)cccc1F)C1CCOCC1)N(C)C(=O)OC(C)(C)C. The highest BCUT2D eigenvalue weighted by atomic mass is 19.1. The first-order valence-electron chi connectivity index (χ1n) is 21.7. The second-order valence-corrected chi connectivity index (χ2v) is 18.2. The number of carbonyl (C=O) groups is 6. The highest BCUT2D eigenvalue weighted by molar-refractivity contribution is 6.04. The number of ether oxygens (including phenoxy) is 2. The van der Waals surface area contributed by atoms with Crippen molar-refractivity contribution in [3.05, 3.63) is 124 Å². The standard InChI is InChI=1S/C49H53F3N6O8/c1-28(56(6)47(64)66-48(2,3)4)43(60)54-40(31-18-20-65-21-19-31)45(62)58-25-32-13-16-34(24-35(32)42(58)44(61)55-41-37(51)8-7-9-38(41)52)53-46(63)49(5)26-57(27-59)39-23-30(12-17-36(39)49)22-29-10-14-33(50)15-11-29/h7-17,23-24,27-28,31,40,42H,18-22,25-26H2,1-6H3,(H,53,63)(H,54,60)(H,55,61)/t28-,40?,42?,49+/m0/s1. The van der Waals surface area contributed by atoms with Crippen LogP contribution in [0.4, 0.5) is 35.0 Å². The molecular weight excluding hydrogens is 858 g/mol. The molecule has 4 aromatic rings. The molecule has 0 aliphatic carbocycles. The first-order chi connectivity index (χ1) is 31.3. The van der Waals surface area contributed by atoms with Crippen molar-refractivity contribution in [1.82, 2.24) is 15.1 Å². The predicted molar refractivity (Wildman–Crippen MR) is 239 cm³/mol. The van der Waals surface area contributed by atoms with Crippen molar-refractivity contribution in [2.45, 2.75) is 89.6 Å². The molecule has 3 aliphatic rings. The van der Waals surface area contributed by atoms with Crippen LogP contribution in [0.3, 0.4) is 0 Å². The molecule has 4 aromatic carbocycles. The maximum absolute atomic E-state index is 15.0. The van der Waals surface area contributed by atoms with Gasteiger partial charge in [-0.1, -0.05) is 36.4 Å². The number of benzene rings is 4. The Bertz CT molecular complexity index is 2520. The lowest BCUT2D eigenvalue weighted by molar-refractivity contribution is -0.144. The Labute approximate surface area is 380 Å². The van der Waals surface area contributed by atoms with Crippen LogP contribution in [-0.2, 0) is 51.8 Å². The predicted octanol–water partition coefficient (Wildman–Crippen LogP) is 6.76. The molecule has 0 saturated carbocycles. The number of nitrogens with zero attached hydrogens (tertiary/aromatic N) is 3. The summed E-state index contributed by atoms with van der Waals surface area (Å²) in [6.45, 7) is 8.70. The Morgan fingerprint density at radius 1 is 0.924 bits per heavy atom. The fraction of sp³-hybridized carbons (Fsp3) is 0.388. The van der Waals surface area contributed by atoms with Gasteiger partial charge in [0.25, 0.3) is 5.91 Å². The van der Waals surface area contributed by atoms with Crippen molar-refractivity contribution in [1.29, 1.82) is 0 Å². The summed E-state index contributed by atoms with van der Waals surface area (Å²) in [4.78, 5) is 86.7. The Morgan fingerprint density at radius 2 is 1.59 bits per heavy atom. The smallest absolute Gasteiger partial charge is 0.410 e. The molecule has 1 saturated heterocycles. The zero-order valence-electron chi connectivity index (χ0n) is 37.6. The van der Waals surface area contributed by atoms with Crippen LogP contribution in [-0.4, -0.2) is 90.4 Å². The summed E-state index contributed by atoms with van der Waals surface area (Å²) >= 11 is 0. The molecule has 14 nitrogen and oxygen atoms in total. The topological polar surface area (TPSA) is 167 Å². The number of carbonyl (C=O) groups excluding carboxylic acids is 6. The van der Waals surface area contributed by atoms with Crippen molar-refractivity contribution < 1.29 is 51.4 Å². The quantitative estimate of drug-likeness (QED) is 0.131. The lowest BCUT2D eigenvalue weighted by Gasteiger charge is -2.36. The van der Waals surface area contributed by atoms with Crippen molar-refractivity contribution in [3.63, 3.8) is 0 Å². The molecule has 348 valence electrons. The molecule has 2 unspecified atom stereocenters. The number of halogens is 3. The van der Waals surface area contributed by atoms with Crippen molar-refractivity contribution in [2.24, 2.45) is 5.92 Å². The van der Waals surface area contributed by atoms with Gasteiger partial charge in [0, 0.05) is 44.7 Å². The van der Waals surface area contributed by atoms with Crippen LogP contribution in [0.15, 0.2) is 78.9 Å². The maximum Gasteiger partial charge on any atom is 0.410 e. The van der Waals surface area contributed by atoms with E-state index in [2.05, 4.69) is 16.0 Å². The number of amides is 6. The number of likely N-dealkylation sites (N-methyl/N-ethyl adjacent to an activating group) is 1. The molecule has 17 heteroatoms. The van der Waals surface area contributed by atoms with Crippen LogP contribution in [0.2, 0.25) is 0 Å². The van der Waals surface area contributed by atoms with Crippen LogP contribution >= 0.6 is 0 Å². The van der Waals surface area contributed by atoms with Gasteiger partial charge in [0.15, 0.2) is 0 Å². The molecule has 0 spiro atoms. The third kappa shape index (κ3) is 9.90. The van der Waals surface area contributed by atoms with Gasteiger partial charge in [0.1, 0.15) is 46.9 Å². The van der Waals surface area contributed by atoms with E-state index in [1.54, 1.807) is 58.0 Å². The van der Waals surface area contributed by atoms with E-state index in [9.17, 15) is 33.2 Å². The minimum atomic E-state index is -1.50. The van der Waals surface area contributed by atoms with Gasteiger partial charge >= 0.3 is 6.09 Å². The molecule has 7 rings (SSSR count). The third-order valence-electron chi connectivity index (χ3n) is 12.4. The number of fused-ring (bicyclic) bond motifs is 2. The monoisotopic (exact) mass is 910 g/mol. The van der Waals surface area contributed by atoms with Crippen LogP contribution in [0.1, 0.15) is 81.3 Å². The number of anilines is 3. The van der Waals surface area contributed by atoms with Crippen molar-refractivity contribution >= 4 is 53.2 Å². The largest absolute Gasteiger partial charge is 0.444 e. The molecule has 3 aliphatic heterocycles. The van der Waals surface area contributed by atoms with E-state index in [1.807, 2.05) is 12.1 Å². The molecule has 0 bridgehead atoms. The van der Waals surface area contributed by atoms with E-state index in [0.29, 0.717) is 55.7 Å². The summed E-state index contributed by atoms with van der Waals surface area (Å²) in [5, 5.41) is 8.10. The first kappa shape index (κ1) is 47.2. The van der Waals surface area contributed by atoms with Crippen LogP contribution in [0.5, 0.6) is 0 Å². The highest BCUT2D eigenvalue weighted by Crippen LogP contribution is 2.43. The molecule has 4 atom stereocenters. The second-order valence-electron chi connectivity index (χ2n) is 18.2. The van der Waals surface area contributed by atoms with Gasteiger partial charge in [0.05, 0.1) is 5.41 Å². The number of nitrogens with one attached hydrogen (secondary N) is 3. The highest BCUT2D eigenvalue weighted by Gasteiger charge is 2.47. The molecule has 66 heavy (non-hydrogen) atoms. The number of rotatable bonds is 12. The summed E-state index contributed by atoms with van der Waals surface area (Å²) in [5.41, 5.74) is 0.996. The molecule has 3 N–H and O–H groups in total. The van der Waals surface area contributed by atoms with E-state index >= 15 is 8.78 Å². The number of hydrogen-bond donors (Lipinski definition) is 3. The Balaban J connectivity index is 1.18. The lowest BCUT2D eigenvalue weighted by Crippen LogP contribution is -2.57. The van der Waals surface area contributed by atoms with E-state index in [0.717, 1.165) is 34.2 Å². The van der Waals surface area contributed by atoms with Crippen LogP contribution in [0.25, 0.3) is 0 Å². The van der Waals surface area contributed by atoms with Crippen molar-refractivity contribution in [3.8, 4) is 0 Å². The van der Waals surface area contributed by atoms with E-state index in [-0.39, 0.29) is 30.2 Å². The molecular formula is C49H53F3N6O8. The van der Waals surface area contributed by atoms with Crippen LogP contribution in [0, 0.1) is 23.4 Å². The molecule has 1 fully saturated rings. The fourth-order valence-electron chi connectivity index (χ4n) is 8.66. The van der Waals surface area contributed by atoms with Gasteiger partial charge in [-0.05, 0) is 130 Å². The lowest BCUT2D eigenvalue weighted by atomic mass is 9.82. The van der Waals surface area contributed by atoms with Gasteiger partial charge in [-0.3, -0.25) is 28.9 Å². The zero-order valence-corrected chi connectivity index (χ0v) is 37.6. The normalized spacial score (nSPS) is 19.0. The number of hydrogen-bond acceptors (Lipinski definition) is 8. The summed E-state index contributed by atoms with van der Waals surface area (Å²) in [7, 11) is 1.40. The van der Waals surface area contributed by atoms with E-state index in [4.69, 9.17) is 9.47 Å². The second kappa shape index (κ2) is 19.0. The van der Waals surface area contributed by atoms with Gasteiger partial charge < -0.3 is 35.2 Å².